The highest BCUT2D eigenvalue weighted by atomic mass is 79.9. The van der Waals surface area contributed by atoms with Gasteiger partial charge in [0.15, 0.2) is 0 Å². The number of anilines is 2. The number of hydrogen-bond donors (Lipinski definition) is 1. The standard InChI is InChI=1S/C22H25BrClN3O3/c1-3-21(28)27-11-9-26(10-12-27)19-7-6-16(14-18(19)24)25-22(29)15-5-8-20(30-4-2)17(23)13-15/h5-8,13-14H,3-4,9-12H2,1-2H3,(H,25,29). The Morgan fingerprint density at radius 1 is 1.10 bits per heavy atom. The number of carbonyl (C=O) groups is 2. The minimum Gasteiger partial charge on any atom is -0.493 e. The van der Waals surface area contributed by atoms with E-state index in [1.54, 1.807) is 24.3 Å². The molecule has 0 atom stereocenters. The zero-order valence-electron chi connectivity index (χ0n) is 17.1. The van der Waals surface area contributed by atoms with Gasteiger partial charge in [-0.3, -0.25) is 9.59 Å². The van der Waals surface area contributed by atoms with Gasteiger partial charge >= 0.3 is 0 Å². The summed E-state index contributed by atoms with van der Waals surface area (Å²) in [5.74, 6) is 0.649. The SMILES string of the molecule is CCOc1ccc(C(=O)Nc2ccc(N3CCN(C(=O)CC)CC3)c(Cl)c2)cc1Br. The number of ether oxygens (including phenoxy) is 1. The van der Waals surface area contributed by atoms with E-state index in [1.165, 1.54) is 0 Å². The van der Waals surface area contributed by atoms with Gasteiger partial charge in [0.05, 0.1) is 21.8 Å². The van der Waals surface area contributed by atoms with E-state index in [2.05, 4.69) is 26.1 Å². The molecule has 0 spiro atoms. The number of nitrogens with zero attached hydrogens (tertiary/aromatic N) is 2. The maximum atomic E-state index is 12.6. The van der Waals surface area contributed by atoms with Gasteiger partial charge in [-0.15, -0.1) is 0 Å². The second-order valence-corrected chi connectivity index (χ2v) is 8.18. The summed E-state index contributed by atoms with van der Waals surface area (Å²) in [5.41, 5.74) is 2.04. The molecule has 3 rings (SSSR count). The van der Waals surface area contributed by atoms with Crippen LogP contribution in [0.4, 0.5) is 11.4 Å². The van der Waals surface area contributed by atoms with Crippen molar-refractivity contribution < 1.29 is 14.3 Å². The molecular formula is C22H25BrClN3O3. The molecule has 2 aromatic rings. The van der Waals surface area contributed by atoms with Crippen LogP contribution in [0.3, 0.4) is 0 Å². The third kappa shape index (κ3) is 5.26. The highest BCUT2D eigenvalue weighted by Crippen LogP contribution is 2.31. The van der Waals surface area contributed by atoms with Crippen molar-refractivity contribution >= 4 is 50.7 Å². The monoisotopic (exact) mass is 493 g/mol. The van der Waals surface area contributed by atoms with E-state index >= 15 is 0 Å². The van der Waals surface area contributed by atoms with Crippen LogP contribution in [-0.2, 0) is 4.79 Å². The highest BCUT2D eigenvalue weighted by Gasteiger charge is 2.21. The van der Waals surface area contributed by atoms with Gasteiger partial charge in [0.1, 0.15) is 5.75 Å². The molecule has 2 aromatic carbocycles. The summed E-state index contributed by atoms with van der Waals surface area (Å²) in [6.07, 6.45) is 0.528. The molecule has 0 radical (unpaired) electrons. The van der Waals surface area contributed by atoms with E-state index in [4.69, 9.17) is 16.3 Å². The lowest BCUT2D eigenvalue weighted by atomic mass is 10.2. The Bertz CT molecular complexity index is 930. The number of halogens is 2. The summed E-state index contributed by atoms with van der Waals surface area (Å²) in [5, 5.41) is 3.45. The molecule has 1 saturated heterocycles. The van der Waals surface area contributed by atoms with E-state index in [9.17, 15) is 9.59 Å². The zero-order valence-corrected chi connectivity index (χ0v) is 19.4. The Labute approximate surface area is 190 Å². The Balaban J connectivity index is 1.65. The Morgan fingerprint density at radius 2 is 1.83 bits per heavy atom. The largest absolute Gasteiger partial charge is 0.493 e. The number of benzene rings is 2. The quantitative estimate of drug-likeness (QED) is 0.626. The molecule has 0 bridgehead atoms. The average molecular weight is 495 g/mol. The van der Waals surface area contributed by atoms with E-state index in [0.29, 0.717) is 48.1 Å². The molecule has 1 aliphatic heterocycles. The van der Waals surface area contributed by atoms with Crippen LogP contribution in [0.25, 0.3) is 0 Å². The Kier molecular flexibility index (Phi) is 7.61. The van der Waals surface area contributed by atoms with E-state index in [1.807, 2.05) is 30.9 Å². The van der Waals surface area contributed by atoms with Gasteiger partial charge in [-0.05, 0) is 59.3 Å². The van der Waals surface area contributed by atoms with Crippen molar-refractivity contribution in [3.8, 4) is 5.75 Å². The first-order valence-corrected chi connectivity index (χ1v) is 11.2. The molecule has 1 heterocycles. The summed E-state index contributed by atoms with van der Waals surface area (Å²) in [6.45, 7) is 7.19. The van der Waals surface area contributed by atoms with Crippen LogP contribution in [0.15, 0.2) is 40.9 Å². The Hall–Kier alpha value is -2.25. The topological polar surface area (TPSA) is 61.9 Å². The van der Waals surface area contributed by atoms with Crippen molar-refractivity contribution in [2.24, 2.45) is 0 Å². The molecule has 2 amide bonds. The number of carbonyl (C=O) groups excluding carboxylic acids is 2. The van der Waals surface area contributed by atoms with Gasteiger partial charge in [0.2, 0.25) is 5.91 Å². The molecule has 0 unspecified atom stereocenters. The minimum absolute atomic E-state index is 0.180. The minimum atomic E-state index is -0.228. The van der Waals surface area contributed by atoms with Crippen LogP contribution in [0.2, 0.25) is 5.02 Å². The molecule has 0 aliphatic carbocycles. The number of hydrogen-bond acceptors (Lipinski definition) is 4. The lowest BCUT2D eigenvalue weighted by Gasteiger charge is -2.36. The third-order valence-electron chi connectivity index (χ3n) is 4.97. The maximum absolute atomic E-state index is 12.6. The first-order valence-electron chi connectivity index (χ1n) is 9.98. The molecule has 8 heteroatoms. The van der Waals surface area contributed by atoms with Crippen molar-refractivity contribution in [3.05, 3.63) is 51.5 Å². The summed E-state index contributed by atoms with van der Waals surface area (Å²) >= 11 is 9.93. The van der Waals surface area contributed by atoms with Crippen LogP contribution in [0.5, 0.6) is 5.75 Å². The molecule has 160 valence electrons. The Morgan fingerprint density at radius 3 is 2.43 bits per heavy atom. The summed E-state index contributed by atoms with van der Waals surface area (Å²) in [7, 11) is 0. The zero-order chi connectivity index (χ0) is 21.7. The van der Waals surface area contributed by atoms with E-state index in [-0.39, 0.29) is 11.8 Å². The number of nitrogens with one attached hydrogen (secondary N) is 1. The van der Waals surface area contributed by atoms with E-state index < -0.39 is 0 Å². The van der Waals surface area contributed by atoms with Crippen molar-refractivity contribution in [2.75, 3.05) is 43.0 Å². The van der Waals surface area contributed by atoms with Crippen molar-refractivity contribution in [1.29, 1.82) is 0 Å². The van der Waals surface area contributed by atoms with Crippen LogP contribution in [-0.4, -0.2) is 49.5 Å². The first-order chi connectivity index (χ1) is 14.4. The second-order valence-electron chi connectivity index (χ2n) is 6.92. The summed E-state index contributed by atoms with van der Waals surface area (Å²) in [4.78, 5) is 28.5. The summed E-state index contributed by atoms with van der Waals surface area (Å²) < 4.78 is 6.21. The van der Waals surface area contributed by atoms with Crippen molar-refractivity contribution in [1.82, 2.24) is 4.90 Å². The molecule has 0 saturated carbocycles. The molecule has 6 nitrogen and oxygen atoms in total. The number of amides is 2. The lowest BCUT2D eigenvalue weighted by Crippen LogP contribution is -2.48. The molecule has 1 fully saturated rings. The molecule has 1 aliphatic rings. The average Bonchev–Trinajstić information content (AvgIpc) is 2.75. The fraction of sp³-hybridized carbons (Fsp3) is 0.364. The first kappa shape index (κ1) is 22.4. The third-order valence-corrected chi connectivity index (χ3v) is 5.90. The number of rotatable bonds is 6. The van der Waals surface area contributed by atoms with Crippen LogP contribution >= 0.6 is 27.5 Å². The van der Waals surface area contributed by atoms with Gasteiger partial charge in [0, 0.05) is 43.9 Å². The molecular weight excluding hydrogens is 470 g/mol. The van der Waals surface area contributed by atoms with Crippen LogP contribution in [0.1, 0.15) is 30.6 Å². The van der Waals surface area contributed by atoms with Gasteiger partial charge in [0.25, 0.3) is 5.91 Å². The van der Waals surface area contributed by atoms with Gasteiger partial charge in [-0.2, -0.15) is 0 Å². The summed E-state index contributed by atoms with van der Waals surface area (Å²) in [6, 6.07) is 10.7. The van der Waals surface area contributed by atoms with Crippen molar-refractivity contribution in [2.45, 2.75) is 20.3 Å². The normalized spacial score (nSPS) is 13.9. The molecule has 30 heavy (non-hydrogen) atoms. The maximum Gasteiger partial charge on any atom is 0.255 e. The highest BCUT2D eigenvalue weighted by molar-refractivity contribution is 9.10. The van der Waals surface area contributed by atoms with Crippen LogP contribution in [0, 0.1) is 0 Å². The van der Waals surface area contributed by atoms with E-state index in [0.717, 1.165) is 23.2 Å². The second kappa shape index (κ2) is 10.2. The molecule has 0 aromatic heterocycles. The van der Waals surface area contributed by atoms with Gasteiger partial charge < -0.3 is 19.9 Å². The van der Waals surface area contributed by atoms with Crippen LogP contribution < -0.4 is 15.0 Å². The lowest BCUT2D eigenvalue weighted by molar-refractivity contribution is -0.131. The predicted molar refractivity (Wildman–Crippen MR) is 124 cm³/mol. The van der Waals surface area contributed by atoms with Gasteiger partial charge in [-0.1, -0.05) is 18.5 Å². The fourth-order valence-corrected chi connectivity index (χ4v) is 4.17. The predicted octanol–water partition coefficient (Wildman–Crippen LogP) is 4.81. The fourth-order valence-electron chi connectivity index (χ4n) is 3.38. The van der Waals surface area contributed by atoms with Crippen molar-refractivity contribution in [3.63, 3.8) is 0 Å². The molecule has 1 N–H and O–H groups in total. The van der Waals surface area contributed by atoms with Gasteiger partial charge in [-0.25, -0.2) is 0 Å². The number of piperazine rings is 1. The smallest absolute Gasteiger partial charge is 0.255 e.